The first kappa shape index (κ1) is 17.4. The first-order chi connectivity index (χ1) is 8.47. The van der Waals surface area contributed by atoms with Crippen molar-refractivity contribution in [3.63, 3.8) is 0 Å². The van der Waals surface area contributed by atoms with E-state index in [1.807, 2.05) is 13.8 Å². The molecule has 4 nitrogen and oxygen atoms in total. The van der Waals surface area contributed by atoms with Crippen molar-refractivity contribution in [2.45, 2.75) is 59.0 Å². The lowest BCUT2D eigenvalue weighted by molar-refractivity contribution is -0.143. The minimum atomic E-state index is -0.264. The second-order valence-electron chi connectivity index (χ2n) is 5.33. The molecule has 1 atom stereocenters. The number of carbonyl (C=O) groups is 1. The van der Waals surface area contributed by atoms with Gasteiger partial charge in [-0.15, -0.1) is 0 Å². The van der Waals surface area contributed by atoms with Gasteiger partial charge in [0.1, 0.15) is 6.04 Å². The Balaban J connectivity index is 3.73. The molecular formula is C14H29NO3. The Hall–Kier alpha value is -0.610. The highest BCUT2D eigenvalue weighted by molar-refractivity contribution is 5.75. The number of esters is 1. The summed E-state index contributed by atoms with van der Waals surface area (Å²) < 4.78 is 10.3. The number of hydrogen-bond donors (Lipinski definition) is 1. The van der Waals surface area contributed by atoms with E-state index in [2.05, 4.69) is 19.2 Å². The van der Waals surface area contributed by atoms with Gasteiger partial charge in [-0.25, -0.2) is 0 Å². The predicted molar refractivity (Wildman–Crippen MR) is 73.6 cm³/mol. The molecule has 1 unspecified atom stereocenters. The molecule has 0 bridgehead atoms. The summed E-state index contributed by atoms with van der Waals surface area (Å²) in [5.41, 5.74) is 0. The first-order valence-electron chi connectivity index (χ1n) is 6.89. The van der Waals surface area contributed by atoms with Gasteiger partial charge in [0.25, 0.3) is 0 Å². The van der Waals surface area contributed by atoms with E-state index in [1.54, 1.807) is 0 Å². The largest absolute Gasteiger partial charge is 0.468 e. The van der Waals surface area contributed by atoms with Gasteiger partial charge in [0, 0.05) is 19.3 Å². The third kappa shape index (κ3) is 9.42. The molecule has 0 radical (unpaired) electrons. The van der Waals surface area contributed by atoms with Crippen molar-refractivity contribution < 1.29 is 14.3 Å². The van der Waals surface area contributed by atoms with Gasteiger partial charge < -0.3 is 14.8 Å². The van der Waals surface area contributed by atoms with Crippen LogP contribution in [0.5, 0.6) is 0 Å². The summed E-state index contributed by atoms with van der Waals surface area (Å²) in [5, 5.41) is 3.19. The fourth-order valence-corrected chi connectivity index (χ4v) is 1.71. The van der Waals surface area contributed by atoms with Crippen LogP contribution in [-0.4, -0.2) is 38.4 Å². The summed E-state index contributed by atoms with van der Waals surface area (Å²) in [6, 6.07) is -0.00450. The van der Waals surface area contributed by atoms with E-state index >= 15 is 0 Å². The summed E-state index contributed by atoms with van der Waals surface area (Å²) in [5.74, 6) is 0.508. The second-order valence-corrected chi connectivity index (χ2v) is 5.33. The molecule has 0 aliphatic heterocycles. The monoisotopic (exact) mass is 259 g/mol. The lowest BCUT2D eigenvalue weighted by Gasteiger charge is -2.18. The molecule has 108 valence electrons. The number of ether oxygens (including phenoxy) is 2. The minimum Gasteiger partial charge on any atom is -0.468 e. The van der Waals surface area contributed by atoms with Gasteiger partial charge in [-0.1, -0.05) is 27.7 Å². The average molecular weight is 259 g/mol. The molecule has 4 heteroatoms. The Morgan fingerprint density at radius 1 is 1.11 bits per heavy atom. The number of hydrogen-bond acceptors (Lipinski definition) is 4. The molecule has 0 aliphatic rings. The van der Waals surface area contributed by atoms with E-state index in [0.29, 0.717) is 13.0 Å². The third-order valence-electron chi connectivity index (χ3n) is 2.64. The fraction of sp³-hybridized carbons (Fsp3) is 0.929. The molecule has 0 amide bonds. The molecule has 0 aromatic rings. The molecule has 18 heavy (non-hydrogen) atoms. The number of nitrogens with one attached hydrogen (secondary N) is 1. The Labute approximate surface area is 111 Å². The summed E-state index contributed by atoms with van der Waals surface area (Å²) >= 11 is 0. The SMILES string of the molecule is COC(=O)C(CCOCCCC(C)C)NC(C)C. The van der Waals surface area contributed by atoms with Crippen molar-refractivity contribution in [2.24, 2.45) is 5.92 Å². The highest BCUT2D eigenvalue weighted by Crippen LogP contribution is 2.04. The van der Waals surface area contributed by atoms with Gasteiger partial charge >= 0.3 is 5.97 Å². The zero-order valence-corrected chi connectivity index (χ0v) is 12.5. The smallest absolute Gasteiger partial charge is 0.322 e. The number of carbonyl (C=O) groups excluding carboxylic acids is 1. The topological polar surface area (TPSA) is 47.6 Å². The van der Waals surface area contributed by atoms with Crippen molar-refractivity contribution >= 4 is 5.97 Å². The lowest BCUT2D eigenvalue weighted by Crippen LogP contribution is -2.42. The molecule has 0 spiro atoms. The molecule has 0 heterocycles. The zero-order valence-electron chi connectivity index (χ0n) is 12.5. The molecular weight excluding hydrogens is 230 g/mol. The van der Waals surface area contributed by atoms with Crippen molar-refractivity contribution in [1.29, 1.82) is 0 Å². The quantitative estimate of drug-likeness (QED) is 0.483. The summed E-state index contributed by atoms with van der Waals surface area (Å²) in [6.45, 7) is 9.81. The highest BCUT2D eigenvalue weighted by atomic mass is 16.5. The summed E-state index contributed by atoms with van der Waals surface area (Å²) in [6.07, 6.45) is 2.93. The maximum Gasteiger partial charge on any atom is 0.322 e. The lowest BCUT2D eigenvalue weighted by atomic mass is 10.1. The third-order valence-corrected chi connectivity index (χ3v) is 2.64. The van der Waals surface area contributed by atoms with Crippen LogP contribution in [0.2, 0.25) is 0 Å². The first-order valence-corrected chi connectivity index (χ1v) is 6.89. The van der Waals surface area contributed by atoms with Crippen molar-refractivity contribution in [3.8, 4) is 0 Å². The van der Waals surface area contributed by atoms with Crippen molar-refractivity contribution in [3.05, 3.63) is 0 Å². The van der Waals surface area contributed by atoms with Crippen LogP contribution < -0.4 is 5.32 Å². The van der Waals surface area contributed by atoms with Crippen LogP contribution in [0.25, 0.3) is 0 Å². The van der Waals surface area contributed by atoms with E-state index in [9.17, 15) is 4.79 Å². The maximum absolute atomic E-state index is 11.5. The van der Waals surface area contributed by atoms with E-state index in [4.69, 9.17) is 9.47 Å². The fourth-order valence-electron chi connectivity index (χ4n) is 1.71. The Kier molecular flexibility index (Phi) is 9.98. The van der Waals surface area contributed by atoms with Crippen LogP contribution in [0.3, 0.4) is 0 Å². The molecule has 0 aliphatic carbocycles. The molecule has 1 N–H and O–H groups in total. The Morgan fingerprint density at radius 3 is 2.28 bits per heavy atom. The Morgan fingerprint density at radius 2 is 1.78 bits per heavy atom. The van der Waals surface area contributed by atoms with E-state index in [1.165, 1.54) is 13.5 Å². The number of methoxy groups -OCH3 is 1. The normalized spacial score (nSPS) is 13.1. The Bertz CT molecular complexity index is 217. The van der Waals surface area contributed by atoms with E-state index in [-0.39, 0.29) is 18.1 Å². The van der Waals surface area contributed by atoms with Crippen molar-refractivity contribution in [2.75, 3.05) is 20.3 Å². The van der Waals surface area contributed by atoms with Gasteiger partial charge in [-0.05, 0) is 25.2 Å². The highest BCUT2D eigenvalue weighted by Gasteiger charge is 2.19. The minimum absolute atomic E-state index is 0.213. The van der Waals surface area contributed by atoms with E-state index in [0.717, 1.165) is 18.9 Å². The van der Waals surface area contributed by atoms with Crippen LogP contribution in [0, 0.1) is 5.92 Å². The predicted octanol–water partition coefficient (Wildman–Crippen LogP) is 2.37. The summed E-state index contributed by atoms with van der Waals surface area (Å²) in [7, 11) is 1.42. The summed E-state index contributed by atoms with van der Waals surface area (Å²) in [4.78, 5) is 11.5. The van der Waals surface area contributed by atoms with Crippen LogP contribution in [-0.2, 0) is 14.3 Å². The maximum atomic E-state index is 11.5. The standard InChI is InChI=1S/C14H29NO3/c1-11(2)7-6-9-18-10-8-13(14(16)17-5)15-12(3)4/h11-13,15H,6-10H2,1-5H3. The van der Waals surface area contributed by atoms with Gasteiger partial charge in [0.2, 0.25) is 0 Å². The van der Waals surface area contributed by atoms with Gasteiger partial charge in [-0.2, -0.15) is 0 Å². The second kappa shape index (κ2) is 10.3. The van der Waals surface area contributed by atoms with Gasteiger partial charge in [0.05, 0.1) is 7.11 Å². The zero-order chi connectivity index (χ0) is 14.0. The average Bonchev–Trinajstić information content (AvgIpc) is 2.30. The van der Waals surface area contributed by atoms with Crippen LogP contribution in [0.1, 0.15) is 47.0 Å². The number of rotatable bonds is 10. The molecule has 0 rings (SSSR count). The molecule has 0 aromatic carbocycles. The molecule has 0 saturated carbocycles. The molecule has 0 fully saturated rings. The molecule has 0 aromatic heterocycles. The van der Waals surface area contributed by atoms with Crippen LogP contribution in [0.15, 0.2) is 0 Å². The van der Waals surface area contributed by atoms with Gasteiger partial charge in [0.15, 0.2) is 0 Å². The van der Waals surface area contributed by atoms with Gasteiger partial charge in [-0.3, -0.25) is 4.79 Å². The molecule has 0 saturated heterocycles. The van der Waals surface area contributed by atoms with E-state index < -0.39 is 0 Å². The van der Waals surface area contributed by atoms with Crippen LogP contribution >= 0.6 is 0 Å². The van der Waals surface area contributed by atoms with Crippen molar-refractivity contribution in [1.82, 2.24) is 5.32 Å². The van der Waals surface area contributed by atoms with Crippen LogP contribution in [0.4, 0.5) is 0 Å².